The minimum absolute atomic E-state index is 0.316. The SMILES string of the molecule is COC(=O)c1ccc(CSc2ccc(C)cc2)c(Br)c1. The van der Waals surface area contributed by atoms with Crippen LogP contribution in [0.2, 0.25) is 0 Å². The normalized spacial score (nSPS) is 10.3. The lowest BCUT2D eigenvalue weighted by Gasteiger charge is -2.07. The molecule has 0 aliphatic carbocycles. The molecule has 0 radical (unpaired) electrons. The van der Waals surface area contributed by atoms with Crippen molar-refractivity contribution < 1.29 is 9.53 Å². The fourth-order valence-electron chi connectivity index (χ4n) is 1.70. The van der Waals surface area contributed by atoms with Crippen LogP contribution in [-0.4, -0.2) is 13.1 Å². The first kappa shape index (κ1) is 15.1. The second kappa shape index (κ2) is 6.95. The molecule has 0 aliphatic heterocycles. The molecule has 0 saturated heterocycles. The molecular formula is C16H15BrO2S. The van der Waals surface area contributed by atoms with Crippen molar-refractivity contribution in [2.24, 2.45) is 0 Å². The van der Waals surface area contributed by atoms with E-state index in [1.54, 1.807) is 23.9 Å². The topological polar surface area (TPSA) is 26.3 Å². The van der Waals surface area contributed by atoms with Gasteiger partial charge in [0.25, 0.3) is 0 Å². The van der Waals surface area contributed by atoms with E-state index in [1.165, 1.54) is 17.6 Å². The van der Waals surface area contributed by atoms with Crippen molar-refractivity contribution in [2.75, 3.05) is 7.11 Å². The van der Waals surface area contributed by atoms with Crippen LogP contribution in [0.5, 0.6) is 0 Å². The third-order valence-corrected chi connectivity index (χ3v) is 4.69. The van der Waals surface area contributed by atoms with Gasteiger partial charge in [0.2, 0.25) is 0 Å². The lowest BCUT2D eigenvalue weighted by Crippen LogP contribution is -2.01. The standard InChI is InChI=1S/C16H15BrO2S/c1-11-3-7-14(8-4-11)20-10-13-6-5-12(9-15(13)17)16(18)19-2/h3-9H,10H2,1-2H3. The van der Waals surface area contributed by atoms with Crippen LogP contribution in [0.25, 0.3) is 0 Å². The molecule has 0 bridgehead atoms. The first-order valence-electron chi connectivity index (χ1n) is 6.16. The summed E-state index contributed by atoms with van der Waals surface area (Å²) in [6, 6.07) is 14.0. The maximum atomic E-state index is 11.4. The van der Waals surface area contributed by atoms with Crippen LogP contribution in [0.15, 0.2) is 51.8 Å². The predicted molar refractivity (Wildman–Crippen MR) is 86.2 cm³/mol. The van der Waals surface area contributed by atoms with Gasteiger partial charge in [-0.1, -0.05) is 39.7 Å². The first-order chi connectivity index (χ1) is 9.60. The van der Waals surface area contributed by atoms with Crippen LogP contribution < -0.4 is 0 Å². The van der Waals surface area contributed by atoms with Crippen molar-refractivity contribution in [2.45, 2.75) is 17.6 Å². The van der Waals surface area contributed by atoms with E-state index < -0.39 is 0 Å². The largest absolute Gasteiger partial charge is 0.465 e. The fourth-order valence-corrected chi connectivity index (χ4v) is 3.31. The number of rotatable bonds is 4. The number of hydrogen-bond acceptors (Lipinski definition) is 3. The third-order valence-electron chi connectivity index (χ3n) is 2.89. The van der Waals surface area contributed by atoms with Crippen LogP contribution in [0.3, 0.4) is 0 Å². The summed E-state index contributed by atoms with van der Waals surface area (Å²) in [5.74, 6) is 0.536. The van der Waals surface area contributed by atoms with Crippen LogP contribution in [0, 0.1) is 6.92 Å². The third kappa shape index (κ3) is 3.87. The maximum absolute atomic E-state index is 11.4. The summed E-state index contributed by atoms with van der Waals surface area (Å²) < 4.78 is 5.64. The van der Waals surface area contributed by atoms with Gasteiger partial charge < -0.3 is 4.74 Å². The molecule has 2 aromatic carbocycles. The zero-order chi connectivity index (χ0) is 14.5. The van der Waals surface area contributed by atoms with E-state index in [0.29, 0.717) is 5.56 Å². The summed E-state index contributed by atoms with van der Waals surface area (Å²) in [6.45, 7) is 2.08. The quantitative estimate of drug-likeness (QED) is 0.583. The summed E-state index contributed by atoms with van der Waals surface area (Å²) in [7, 11) is 1.39. The number of methoxy groups -OCH3 is 1. The highest BCUT2D eigenvalue weighted by Gasteiger charge is 2.08. The first-order valence-corrected chi connectivity index (χ1v) is 7.94. The van der Waals surface area contributed by atoms with Crippen molar-refractivity contribution >= 4 is 33.7 Å². The Hall–Kier alpha value is -1.26. The van der Waals surface area contributed by atoms with E-state index in [2.05, 4.69) is 47.1 Å². The van der Waals surface area contributed by atoms with E-state index in [-0.39, 0.29) is 5.97 Å². The van der Waals surface area contributed by atoms with Crippen molar-refractivity contribution in [1.29, 1.82) is 0 Å². The highest BCUT2D eigenvalue weighted by molar-refractivity contribution is 9.10. The van der Waals surface area contributed by atoms with E-state index >= 15 is 0 Å². The number of thioether (sulfide) groups is 1. The second-order valence-corrected chi connectivity index (χ2v) is 6.30. The van der Waals surface area contributed by atoms with Gasteiger partial charge in [-0.05, 0) is 36.8 Å². The van der Waals surface area contributed by atoms with Crippen LogP contribution >= 0.6 is 27.7 Å². The van der Waals surface area contributed by atoms with E-state index in [0.717, 1.165) is 15.8 Å². The molecular weight excluding hydrogens is 336 g/mol. The smallest absolute Gasteiger partial charge is 0.337 e. The van der Waals surface area contributed by atoms with Crippen LogP contribution in [0.1, 0.15) is 21.5 Å². The molecule has 0 N–H and O–H groups in total. The number of carbonyl (C=O) groups excluding carboxylic acids is 1. The molecule has 0 atom stereocenters. The Bertz CT molecular complexity index is 608. The molecule has 4 heteroatoms. The molecule has 0 unspecified atom stereocenters. The Kier molecular flexibility index (Phi) is 5.26. The maximum Gasteiger partial charge on any atom is 0.337 e. The Morgan fingerprint density at radius 1 is 1.20 bits per heavy atom. The summed E-state index contributed by atoms with van der Waals surface area (Å²) in [6.07, 6.45) is 0. The van der Waals surface area contributed by atoms with Crippen molar-refractivity contribution in [3.8, 4) is 0 Å². The molecule has 2 rings (SSSR count). The monoisotopic (exact) mass is 350 g/mol. The summed E-state index contributed by atoms with van der Waals surface area (Å²) in [4.78, 5) is 12.7. The molecule has 0 fully saturated rings. The molecule has 0 amide bonds. The van der Waals surface area contributed by atoms with E-state index in [4.69, 9.17) is 4.74 Å². The molecule has 104 valence electrons. The average Bonchev–Trinajstić information content (AvgIpc) is 2.46. The molecule has 2 aromatic rings. The molecule has 2 nitrogen and oxygen atoms in total. The molecule has 0 spiro atoms. The Morgan fingerprint density at radius 3 is 2.50 bits per heavy atom. The Balaban J connectivity index is 2.06. The van der Waals surface area contributed by atoms with Gasteiger partial charge >= 0.3 is 5.97 Å². The average molecular weight is 351 g/mol. The number of halogens is 1. The Labute approximate surface area is 131 Å². The zero-order valence-corrected chi connectivity index (χ0v) is 13.8. The molecule has 20 heavy (non-hydrogen) atoms. The number of carbonyl (C=O) groups is 1. The minimum atomic E-state index is -0.316. The number of benzene rings is 2. The Morgan fingerprint density at radius 2 is 1.90 bits per heavy atom. The van der Waals surface area contributed by atoms with Crippen LogP contribution in [0.4, 0.5) is 0 Å². The predicted octanol–water partition coefficient (Wildman–Crippen LogP) is 4.84. The summed E-state index contributed by atoms with van der Waals surface area (Å²) in [5, 5.41) is 0. The summed E-state index contributed by atoms with van der Waals surface area (Å²) in [5.41, 5.74) is 2.98. The van der Waals surface area contributed by atoms with Crippen LogP contribution in [-0.2, 0) is 10.5 Å². The minimum Gasteiger partial charge on any atom is -0.465 e. The van der Waals surface area contributed by atoms with E-state index in [1.807, 2.05) is 6.07 Å². The van der Waals surface area contributed by atoms with Gasteiger partial charge in [-0.15, -0.1) is 11.8 Å². The van der Waals surface area contributed by atoms with Gasteiger partial charge in [0.1, 0.15) is 0 Å². The number of ether oxygens (including phenoxy) is 1. The van der Waals surface area contributed by atoms with Gasteiger partial charge in [-0.2, -0.15) is 0 Å². The lowest BCUT2D eigenvalue weighted by molar-refractivity contribution is 0.0600. The highest BCUT2D eigenvalue weighted by atomic mass is 79.9. The molecule has 0 heterocycles. The number of aryl methyl sites for hydroxylation is 1. The van der Waals surface area contributed by atoms with Crippen molar-refractivity contribution in [1.82, 2.24) is 0 Å². The van der Waals surface area contributed by atoms with Crippen molar-refractivity contribution in [3.63, 3.8) is 0 Å². The fraction of sp³-hybridized carbons (Fsp3) is 0.188. The lowest BCUT2D eigenvalue weighted by atomic mass is 10.1. The van der Waals surface area contributed by atoms with E-state index in [9.17, 15) is 4.79 Å². The van der Waals surface area contributed by atoms with Gasteiger partial charge in [0.05, 0.1) is 12.7 Å². The van der Waals surface area contributed by atoms with Crippen molar-refractivity contribution in [3.05, 3.63) is 63.6 Å². The summed E-state index contributed by atoms with van der Waals surface area (Å²) >= 11 is 5.28. The second-order valence-electron chi connectivity index (χ2n) is 4.40. The molecule has 0 aliphatic rings. The zero-order valence-electron chi connectivity index (χ0n) is 11.4. The molecule has 0 saturated carbocycles. The molecule has 0 aromatic heterocycles. The van der Waals surface area contributed by atoms with Gasteiger partial charge in [-0.3, -0.25) is 0 Å². The van der Waals surface area contributed by atoms with Gasteiger partial charge in [-0.25, -0.2) is 4.79 Å². The highest BCUT2D eigenvalue weighted by Crippen LogP contribution is 2.28. The van der Waals surface area contributed by atoms with Gasteiger partial charge in [0.15, 0.2) is 0 Å². The number of hydrogen-bond donors (Lipinski definition) is 0. The van der Waals surface area contributed by atoms with Gasteiger partial charge in [0, 0.05) is 15.1 Å². The number of esters is 1.